The Morgan fingerprint density at radius 3 is 2.59 bits per heavy atom. The zero-order valence-electron chi connectivity index (χ0n) is 10.9. The molecule has 1 N–H and O–H groups in total. The molecule has 0 fully saturated rings. The van der Waals surface area contributed by atoms with Crippen molar-refractivity contribution in [3.8, 4) is 5.75 Å². The van der Waals surface area contributed by atoms with Crippen molar-refractivity contribution in [2.24, 2.45) is 0 Å². The Hall–Kier alpha value is -1.48. The standard InChI is InChI=1S/C14H20N2O/c1-10(2)16-9-11(8-15(3)4)13-6-5-12(17)7-14(13)16/h5-7,9-10,17H,8H2,1-4H3. The topological polar surface area (TPSA) is 28.4 Å². The Morgan fingerprint density at radius 2 is 2.00 bits per heavy atom. The Balaban J connectivity index is 2.62. The van der Waals surface area contributed by atoms with E-state index in [1.165, 1.54) is 10.9 Å². The molecule has 2 aromatic rings. The fourth-order valence-corrected chi connectivity index (χ4v) is 2.21. The van der Waals surface area contributed by atoms with Gasteiger partial charge in [-0.1, -0.05) is 0 Å². The van der Waals surface area contributed by atoms with Gasteiger partial charge in [0.2, 0.25) is 0 Å². The summed E-state index contributed by atoms with van der Waals surface area (Å²) < 4.78 is 2.22. The van der Waals surface area contributed by atoms with Gasteiger partial charge in [0.1, 0.15) is 5.75 Å². The van der Waals surface area contributed by atoms with Crippen LogP contribution < -0.4 is 0 Å². The van der Waals surface area contributed by atoms with Gasteiger partial charge >= 0.3 is 0 Å². The van der Waals surface area contributed by atoms with Crippen molar-refractivity contribution in [1.82, 2.24) is 9.47 Å². The van der Waals surface area contributed by atoms with Crippen molar-refractivity contribution in [3.63, 3.8) is 0 Å². The van der Waals surface area contributed by atoms with Gasteiger partial charge in [0.15, 0.2) is 0 Å². The van der Waals surface area contributed by atoms with Crippen molar-refractivity contribution in [2.45, 2.75) is 26.4 Å². The molecule has 3 heteroatoms. The van der Waals surface area contributed by atoms with Gasteiger partial charge in [0, 0.05) is 30.2 Å². The first kappa shape index (κ1) is 12.0. The van der Waals surface area contributed by atoms with Crippen LogP contribution in [0.15, 0.2) is 24.4 Å². The Labute approximate surface area is 102 Å². The summed E-state index contributed by atoms with van der Waals surface area (Å²) in [6.07, 6.45) is 2.19. The second-order valence-corrected chi connectivity index (χ2v) is 5.09. The summed E-state index contributed by atoms with van der Waals surface area (Å²) in [6.45, 7) is 5.23. The van der Waals surface area contributed by atoms with E-state index in [1.807, 2.05) is 12.1 Å². The molecule has 0 aliphatic carbocycles. The summed E-state index contributed by atoms with van der Waals surface area (Å²) in [5.74, 6) is 0.328. The molecule has 0 radical (unpaired) electrons. The molecule has 1 aromatic heterocycles. The molecule has 0 bridgehead atoms. The van der Waals surface area contributed by atoms with Gasteiger partial charge < -0.3 is 14.6 Å². The summed E-state index contributed by atoms with van der Waals surface area (Å²) in [5.41, 5.74) is 2.41. The number of phenolic OH excluding ortho intramolecular Hbond substituents is 1. The molecule has 92 valence electrons. The number of hydrogen-bond donors (Lipinski definition) is 1. The normalized spacial score (nSPS) is 11.9. The maximum absolute atomic E-state index is 9.60. The molecule has 0 aliphatic rings. The Kier molecular flexibility index (Phi) is 3.11. The second kappa shape index (κ2) is 4.41. The minimum Gasteiger partial charge on any atom is -0.508 e. The van der Waals surface area contributed by atoms with E-state index in [1.54, 1.807) is 6.07 Å². The second-order valence-electron chi connectivity index (χ2n) is 5.09. The van der Waals surface area contributed by atoms with Crippen LogP contribution in [-0.2, 0) is 6.54 Å². The molecule has 0 unspecified atom stereocenters. The highest BCUT2D eigenvalue weighted by Crippen LogP contribution is 2.28. The van der Waals surface area contributed by atoms with Crippen LogP contribution in [0.2, 0.25) is 0 Å². The maximum Gasteiger partial charge on any atom is 0.117 e. The SMILES string of the molecule is CC(C)n1cc(CN(C)C)c2ccc(O)cc21. The number of nitrogens with zero attached hydrogens (tertiary/aromatic N) is 2. The summed E-state index contributed by atoms with van der Waals surface area (Å²) >= 11 is 0. The monoisotopic (exact) mass is 232 g/mol. The zero-order valence-corrected chi connectivity index (χ0v) is 10.9. The minimum atomic E-state index is 0.328. The molecule has 0 spiro atoms. The molecular formula is C14H20N2O. The first-order chi connectivity index (χ1) is 7.99. The van der Waals surface area contributed by atoms with Gasteiger partial charge in [-0.15, -0.1) is 0 Å². The lowest BCUT2D eigenvalue weighted by molar-refractivity contribution is 0.403. The highest BCUT2D eigenvalue weighted by molar-refractivity contribution is 5.85. The average Bonchev–Trinajstić information content (AvgIpc) is 2.55. The average molecular weight is 232 g/mol. The lowest BCUT2D eigenvalue weighted by Crippen LogP contribution is -2.10. The van der Waals surface area contributed by atoms with Crippen LogP contribution in [0, 0.1) is 0 Å². The smallest absolute Gasteiger partial charge is 0.117 e. The van der Waals surface area contributed by atoms with Crippen LogP contribution in [0.4, 0.5) is 0 Å². The Bertz CT molecular complexity index is 526. The quantitative estimate of drug-likeness (QED) is 0.881. The molecule has 0 atom stereocenters. The highest BCUT2D eigenvalue weighted by atomic mass is 16.3. The lowest BCUT2D eigenvalue weighted by atomic mass is 10.1. The third-order valence-electron chi connectivity index (χ3n) is 2.94. The summed E-state index contributed by atoms with van der Waals surface area (Å²) in [6, 6.07) is 6.00. The molecule has 0 aliphatic heterocycles. The van der Waals surface area contributed by atoms with Crippen LogP contribution in [0.5, 0.6) is 5.75 Å². The van der Waals surface area contributed by atoms with Crippen LogP contribution >= 0.6 is 0 Å². The predicted octanol–water partition coefficient (Wildman–Crippen LogP) is 2.99. The van der Waals surface area contributed by atoms with E-state index in [0.717, 1.165) is 12.1 Å². The number of fused-ring (bicyclic) bond motifs is 1. The van der Waals surface area contributed by atoms with Crippen molar-refractivity contribution in [1.29, 1.82) is 0 Å². The first-order valence-corrected chi connectivity index (χ1v) is 5.96. The summed E-state index contributed by atoms with van der Waals surface area (Å²) in [4.78, 5) is 2.16. The van der Waals surface area contributed by atoms with E-state index >= 15 is 0 Å². The number of hydrogen-bond acceptors (Lipinski definition) is 2. The van der Waals surface area contributed by atoms with Gasteiger partial charge in [0.05, 0.1) is 5.52 Å². The molecule has 2 rings (SSSR count). The van der Waals surface area contributed by atoms with Crippen molar-refractivity contribution in [3.05, 3.63) is 30.0 Å². The molecular weight excluding hydrogens is 212 g/mol. The van der Waals surface area contributed by atoms with E-state index in [4.69, 9.17) is 0 Å². The molecule has 1 aromatic carbocycles. The van der Waals surface area contributed by atoms with E-state index < -0.39 is 0 Å². The molecule has 3 nitrogen and oxygen atoms in total. The lowest BCUT2D eigenvalue weighted by Gasteiger charge is -2.09. The van der Waals surface area contributed by atoms with Crippen molar-refractivity contribution < 1.29 is 5.11 Å². The summed E-state index contributed by atoms with van der Waals surface area (Å²) in [5, 5.41) is 10.8. The number of phenols is 1. The van der Waals surface area contributed by atoms with Gasteiger partial charge in [-0.25, -0.2) is 0 Å². The molecule has 0 saturated heterocycles. The molecule has 17 heavy (non-hydrogen) atoms. The van der Waals surface area contributed by atoms with Crippen LogP contribution in [-0.4, -0.2) is 28.7 Å². The van der Waals surface area contributed by atoms with Crippen LogP contribution in [0.25, 0.3) is 10.9 Å². The third kappa shape index (κ3) is 2.29. The predicted molar refractivity (Wildman–Crippen MR) is 71.4 cm³/mol. The van der Waals surface area contributed by atoms with Gasteiger partial charge in [-0.2, -0.15) is 0 Å². The minimum absolute atomic E-state index is 0.328. The van der Waals surface area contributed by atoms with E-state index in [9.17, 15) is 5.11 Å². The fourth-order valence-electron chi connectivity index (χ4n) is 2.21. The van der Waals surface area contributed by atoms with Crippen molar-refractivity contribution >= 4 is 10.9 Å². The first-order valence-electron chi connectivity index (χ1n) is 5.96. The largest absolute Gasteiger partial charge is 0.508 e. The van der Waals surface area contributed by atoms with Gasteiger partial charge in [0.25, 0.3) is 0 Å². The molecule has 0 amide bonds. The molecule has 1 heterocycles. The van der Waals surface area contributed by atoms with Crippen LogP contribution in [0.3, 0.4) is 0 Å². The molecule has 0 saturated carbocycles. The number of benzene rings is 1. The number of aromatic nitrogens is 1. The van der Waals surface area contributed by atoms with E-state index in [-0.39, 0.29) is 0 Å². The van der Waals surface area contributed by atoms with Gasteiger partial charge in [-0.05, 0) is 45.6 Å². The van der Waals surface area contributed by atoms with Crippen LogP contribution in [0.1, 0.15) is 25.5 Å². The fraction of sp³-hybridized carbons (Fsp3) is 0.429. The zero-order chi connectivity index (χ0) is 12.6. The highest BCUT2D eigenvalue weighted by Gasteiger charge is 2.11. The third-order valence-corrected chi connectivity index (χ3v) is 2.94. The Morgan fingerprint density at radius 1 is 1.29 bits per heavy atom. The number of rotatable bonds is 3. The maximum atomic E-state index is 9.60. The van der Waals surface area contributed by atoms with Crippen molar-refractivity contribution in [2.75, 3.05) is 14.1 Å². The van der Waals surface area contributed by atoms with Gasteiger partial charge in [-0.3, -0.25) is 0 Å². The summed E-state index contributed by atoms with van der Waals surface area (Å²) in [7, 11) is 4.14. The number of aromatic hydroxyl groups is 1. The van der Waals surface area contributed by atoms with E-state index in [2.05, 4.69) is 43.6 Å². The van der Waals surface area contributed by atoms with E-state index in [0.29, 0.717) is 11.8 Å².